The van der Waals surface area contributed by atoms with Crippen LogP contribution in [-0.4, -0.2) is 39.3 Å². The summed E-state index contributed by atoms with van der Waals surface area (Å²) < 4.78 is 24.9. The summed E-state index contributed by atoms with van der Waals surface area (Å²) in [6, 6.07) is 8.67. The van der Waals surface area contributed by atoms with Crippen LogP contribution in [-0.2, 0) is 9.84 Å². The number of guanidine groups is 1. The van der Waals surface area contributed by atoms with E-state index in [1.165, 1.54) is 0 Å². The highest BCUT2D eigenvalue weighted by Gasteiger charge is 2.21. The molecular formula is C16H27N3O2S. The second-order valence-electron chi connectivity index (χ2n) is 5.37. The molecule has 0 radical (unpaired) electrons. The van der Waals surface area contributed by atoms with Crippen LogP contribution in [0.15, 0.2) is 40.2 Å². The Morgan fingerprint density at radius 2 is 1.77 bits per heavy atom. The molecule has 0 spiro atoms. The number of hydrogen-bond donors (Lipinski definition) is 2. The molecular weight excluding hydrogens is 298 g/mol. The van der Waals surface area contributed by atoms with Crippen molar-refractivity contribution in [3.05, 3.63) is 30.3 Å². The first-order valence-corrected chi connectivity index (χ1v) is 9.35. The number of hydrogen-bond acceptors (Lipinski definition) is 3. The molecule has 0 heterocycles. The zero-order valence-electron chi connectivity index (χ0n) is 13.8. The predicted molar refractivity (Wildman–Crippen MR) is 92.0 cm³/mol. The van der Waals surface area contributed by atoms with E-state index in [0.29, 0.717) is 17.3 Å². The molecule has 124 valence electrons. The van der Waals surface area contributed by atoms with E-state index in [9.17, 15) is 8.42 Å². The van der Waals surface area contributed by atoms with Crippen LogP contribution >= 0.6 is 0 Å². The molecule has 0 aromatic heterocycles. The number of sulfone groups is 1. The van der Waals surface area contributed by atoms with Gasteiger partial charge in [-0.3, -0.25) is 4.99 Å². The topological polar surface area (TPSA) is 70.6 Å². The van der Waals surface area contributed by atoms with E-state index in [1.54, 1.807) is 31.3 Å². The molecule has 0 aliphatic rings. The minimum Gasteiger partial charge on any atom is -0.354 e. The van der Waals surface area contributed by atoms with Crippen molar-refractivity contribution in [1.82, 2.24) is 10.6 Å². The summed E-state index contributed by atoms with van der Waals surface area (Å²) in [6.45, 7) is 6.12. The molecule has 0 aliphatic carbocycles. The maximum Gasteiger partial charge on any atom is 0.191 e. The molecule has 5 nitrogen and oxygen atoms in total. The van der Waals surface area contributed by atoms with Gasteiger partial charge in [-0.2, -0.15) is 0 Å². The van der Waals surface area contributed by atoms with E-state index in [4.69, 9.17) is 0 Å². The maximum absolute atomic E-state index is 12.4. The quantitative estimate of drug-likeness (QED) is 0.595. The fourth-order valence-corrected chi connectivity index (χ4v) is 3.56. The van der Waals surface area contributed by atoms with Gasteiger partial charge in [-0.1, -0.05) is 32.0 Å². The molecule has 1 aromatic carbocycles. The van der Waals surface area contributed by atoms with Gasteiger partial charge in [0, 0.05) is 19.1 Å². The molecule has 2 unspecified atom stereocenters. The van der Waals surface area contributed by atoms with E-state index in [2.05, 4.69) is 29.5 Å². The van der Waals surface area contributed by atoms with Crippen LogP contribution in [0.5, 0.6) is 0 Å². The number of aliphatic imine (C=N–C) groups is 1. The Bertz CT molecular complexity index is 570. The predicted octanol–water partition coefficient (Wildman–Crippen LogP) is 2.20. The van der Waals surface area contributed by atoms with E-state index < -0.39 is 9.84 Å². The van der Waals surface area contributed by atoms with Gasteiger partial charge in [-0.05, 0) is 31.9 Å². The molecule has 0 fully saturated rings. The largest absolute Gasteiger partial charge is 0.354 e. The number of nitrogens with zero attached hydrogens (tertiary/aromatic N) is 1. The highest BCUT2D eigenvalue weighted by molar-refractivity contribution is 7.91. The fourth-order valence-electron chi connectivity index (χ4n) is 1.95. The zero-order chi connectivity index (χ0) is 16.6. The molecule has 0 saturated heterocycles. The summed E-state index contributed by atoms with van der Waals surface area (Å²) in [6.07, 6.45) is 1.67. The first-order valence-electron chi connectivity index (χ1n) is 7.70. The van der Waals surface area contributed by atoms with Crippen molar-refractivity contribution in [2.24, 2.45) is 4.99 Å². The second-order valence-corrected chi connectivity index (χ2v) is 7.40. The van der Waals surface area contributed by atoms with Crippen LogP contribution < -0.4 is 10.6 Å². The smallest absolute Gasteiger partial charge is 0.191 e. The molecule has 22 heavy (non-hydrogen) atoms. The van der Waals surface area contributed by atoms with Gasteiger partial charge in [0.25, 0.3) is 0 Å². The van der Waals surface area contributed by atoms with Gasteiger partial charge >= 0.3 is 0 Å². The van der Waals surface area contributed by atoms with Crippen molar-refractivity contribution in [2.75, 3.05) is 12.8 Å². The van der Waals surface area contributed by atoms with Gasteiger partial charge in [-0.15, -0.1) is 0 Å². The lowest BCUT2D eigenvalue weighted by atomic mass is 10.2. The first-order chi connectivity index (χ1) is 10.4. The Balaban J connectivity index is 2.76. The number of nitrogens with one attached hydrogen (secondary N) is 2. The number of rotatable bonds is 7. The molecule has 0 saturated carbocycles. The third-order valence-corrected chi connectivity index (χ3v) is 5.41. The molecule has 2 N–H and O–H groups in total. The molecule has 0 amide bonds. The van der Waals surface area contributed by atoms with Crippen molar-refractivity contribution >= 4 is 15.8 Å². The molecule has 2 atom stereocenters. The highest BCUT2D eigenvalue weighted by atomic mass is 32.2. The van der Waals surface area contributed by atoms with Gasteiger partial charge in [-0.25, -0.2) is 8.42 Å². The molecule has 1 rings (SSSR count). The lowest BCUT2D eigenvalue weighted by Gasteiger charge is -2.22. The van der Waals surface area contributed by atoms with Crippen LogP contribution in [0.4, 0.5) is 0 Å². The monoisotopic (exact) mass is 325 g/mol. The van der Waals surface area contributed by atoms with Gasteiger partial charge < -0.3 is 10.6 Å². The summed E-state index contributed by atoms with van der Waals surface area (Å²) in [5.41, 5.74) is 0. The normalized spacial score (nSPS) is 15.2. The van der Waals surface area contributed by atoms with Crippen LogP contribution in [0.25, 0.3) is 0 Å². The number of benzene rings is 1. The summed E-state index contributed by atoms with van der Waals surface area (Å²) >= 11 is 0. The Labute approximate surface area is 134 Å². The lowest BCUT2D eigenvalue weighted by molar-refractivity contribution is 0.560. The van der Waals surface area contributed by atoms with Gasteiger partial charge in [0.15, 0.2) is 15.8 Å². The average Bonchev–Trinajstić information content (AvgIpc) is 2.53. The SMILES string of the molecule is CCC(C)NC(=NC)NC(CC)CS(=O)(=O)c1ccccc1. The first kappa shape index (κ1) is 18.5. The Morgan fingerprint density at radius 3 is 2.27 bits per heavy atom. The van der Waals surface area contributed by atoms with E-state index in [1.807, 2.05) is 13.0 Å². The van der Waals surface area contributed by atoms with Crippen molar-refractivity contribution in [2.45, 2.75) is 50.6 Å². The summed E-state index contributed by atoms with van der Waals surface area (Å²) in [5.74, 6) is 0.693. The molecule has 1 aromatic rings. The summed E-state index contributed by atoms with van der Waals surface area (Å²) in [7, 11) is -1.61. The third kappa shape index (κ3) is 5.67. The second kappa shape index (κ2) is 8.78. The highest BCUT2D eigenvalue weighted by Crippen LogP contribution is 2.12. The van der Waals surface area contributed by atoms with E-state index >= 15 is 0 Å². The van der Waals surface area contributed by atoms with Crippen molar-refractivity contribution in [3.8, 4) is 0 Å². The summed E-state index contributed by atoms with van der Waals surface area (Å²) in [5, 5.41) is 6.45. The standard InChI is InChI=1S/C16H27N3O2S/c1-5-13(3)18-16(17-4)19-14(6-2)12-22(20,21)15-10-8-7-9-11-15/h7-11,13-14H,5-6,12H2,1-4H3,(H2,17,18,19). The minimum atomic E-state index is -3.30. The van der Waals surface area contributed by atoms with E-state index in [-0.39, 0.29) is 17.8 Å². The third-order valence-electron chi connectivity index (χ3n) is 3.58. The molecule has 0 bridgehead atoms. The van der Waals surface area contributed by atoms with Crippen LogP contribution in [0, 0.1) is 0 Å². The lowest BCUT2D eigenvalue weighted by Crippen LogP contribution is -2.48. The maximum atomic E-state index is 12.4. The van der Waals surface area contributed by atoms with Crippen LogP contribution in [0.2, 0.25) is 0 Å². The Hall–Kier alpha value is -1.56. The fraction of sp³-hybridized carbons (Fsp3) is 0.562. The minimum absolute atomic E-state index is 0.0503. The average molecular weight is 325 g/mol. The van der Waals surface area contributed by atoms with Gasteiger partial charge in [0.05, 0.1) is 10.6 Å². The molecule has 0 aliphatic heterocycles. The Morgan fingerprint density at radius 1 is 1.14 bits per heavy atom. The summed E-state index contributed by atoms with van der Waals surface area (Å²) in [4.78, 5) is 4.53. The van der Waals surface area contributed by atoms with Crippen LogP contribution in [0.3, 0.4) is 0 Å². The van der Waals surface area contributed by atoms with Crippen molar-refractivity contribution < 1.29 is 8.42 Å². The molecule has 6 heteroatoms. The van der Waals surface area contributed by atoms with E-state index in [0.717, 1.165) is 6.42 Å². The van der Waals surface area contributed by atoms with Gasteiger partial charge in [0.1, 0.15) is 0 Å². The van der Waals surface area contributed by atoms with Crippen molar-refractivity contribution in [1.29, 1.82) is 0 Å². The van der Waals surface area contributed by atoms with Crippen LogP contribution in [0.1, 0.15) is 33.6 Å². The van der Waals surface area contributed by atoms with Gasteiger partial charge in [0.2, 0.25) is 0 Å². The zero-order valence-corrected chi connectivity index (χ0v) is 14.7. The Kier molecular flexibility index (Phi) is 7.38. The van der Waals surface area contributed by atoms with Crippen molar-refractivity contribution in [3.63, 3.8) is 0 Å².